The summed E-state index contributed by atoms with van der Waals surface area (Å²) in [5.74, 6) is 0.241. The Morgan fingerprint density at radius 3 is 2.86 bits per heavy atom. The van der Waals surface area contributed by atoms with Crippen LogP contribution in [0.3, 0.4) is 0 Å². The number of rotatable bonds is 2. The molecule has 21 heavy (non-hydrogen) atoms. The van der Waals surface area contributed by atoms with Gasteiger partial charge in [-0.1, -0.05) is 18.2 Å². The summed E-state index contributed by atoms with van der Waals surface area (Å²) >= 11 is 0. The molecule has 0 bridgehead atoms. The van der Waals surface area contributed by atoms with E-state index in [9.17, 15) is 4.79 Å². The van der Waals surface area contributed by atoms with E-state index in [0.29, 0.717) is 0 Å². The summed E-state index contributed by atoms with van der Waals surface area (Å²) in [6.07, 6.45) is 0. The largest absolute Gasteiger partial charge is 0.464 e. The van der Waals surface area contributed by atoms with Crippen LogP contribution in [0.4, 0.5) is 11.5 Å². The van der Waals surface area contributed by atoms with Crippen molar-refractivity contribution in [2.75, 3.05) is 25.1 Å². The van der Waals surface area contributed by atoms with Gasteiger partial charge in [0.25, 0.3) is 0 Å². The number of esters is 1. The van der Waals surface area contributed by atoms with E-state index in [2.05, 4.69) is 37.3 Å². The van der Waals surface area contributed by atoms with Crippen molar-refractivity contribution in [1.29, 1.82) is 0 Å². The van der Waals surface area contributed by atoms with Crippen LogP contribution < -0.4 is 10.2 Å². The minimum atomic E-state index is -0.480. The number of aromatic nitrogens is 2. The summed E-state index contributed by atoms with van der Waals surface area (Å²) in [6.45, 7) is 2.48. The van der Waals surface area contributed by atoms with Crippen molar-refractivity contribution in [1.82, 2.24) is 15.5 Å². The van der Waals surface area contributed by atoms with Gasteiger partial charge in [-0.2, -0.15) is 0 Å². The van der Waals surface area contributed by atoms with E-state index in [1.54, 1.807) is 12.1 Å². The maximum Gasteiger partial charge on any atom is 0.358 e. The monoisotopic (exact) mass is 284 g/mol. The standard InChI is InChI=1S/C15H16N4O2/c1-21-15(20)12-6-7-14(18-17-12)19-9-8-16-10-11-4-2-3-5-13(11)19/h2-7,16H,8-10H2,1H3. The molecule has 0 saturated carbocycles. The number of benzene rings is 1. The molecule has 108 valence electrons. The quantitative estimate of drug-likeness (QED) is 0.843. The molecule has 0 radical (unpaired) electrons. The zero-order valence-corrected chi connectivity index (χ0v) is 11.7. The van der Waals surface area contributed by atoms with Crippen molar-refractivity contribution in [3.8, 4) is 0 Å². The molecule has 1 aromatic carbocycles. The average molecular weight is 284 g/mol. The Morgan fingerprint density at radius 1 is 1.24 bits per heavy atom. The first-order chi connectivity index (χ1) is 10.3. The predicted molar refractivity (Wildman–Crippen MR) is 78.5 cm³/mol. The van der Waals surface area contributed by atoms with Crippen LogP contribution in [0, 0.1) is 0 Å². The number of anilines is 2. The van der Waals surface area contributed by atoms with Crippen LogP contribution in [-0.4, -0.2) is 36.4 Å². The van der Waals surface area contributed by atoms with Gasteiger partial charge in [0.05, 0.1) is 7.11 Å². The van der Waals surface area contributed by atoms with Crippen LogP contribution in [0.25, 0.3) is 0 Å². The fourth-order valence-electron chi connectivity index (χ4n) is 2.38. The van der Waals surface area contributed by atoms with Gasteiger partial charge in [0.15, 0.2) is 11.5 Å². The lowest BCUT2D eigenvalue weighted by Gasteiger charge is -2.22. The second-order valence-corrected chi connectivity index (χ2v) is 4.73. The number of methoxy groups -OCH3 is 1. The number of fused-ring (bicyclic) bond motifs is 1. The number of carbonyl (C=O) groups is 1. The molecule has 3 rings (SSSR count). The highest BCUT2D eigenvalue weighted by Crippen LogP contribution is 2.28. The predicted octanol–water partition coefficient (Wildman–Crippen LogP) is 1.50. The summed E-state index contributed by atoms with van der Waals surface area (Å²) in [5, 5.41) is 11.5. The van der Waals surface area contributed by atoms with Crippen LogP contribution in [0.5, 0.6) is 0 Å². The SMILES string of the molecule is COC(=O)c1ccc(N2CCNCc3ccccc32)nn1. The van der Waals surface area contributed by atoms with Crippen LogP contribution in [0.15, 0.2) is 36.4 Å². The second kappa shape index (κ2) is 5.88. The molecule has 1 aromatic heterocycles. The van der Waals surface area contributed by atoms with Gasteiger partial charge < -0.3 is 15.0 Å². The summed E-state index contributed by atoms with van der Waals surface area (Å²) in [5.41, 5.74) is 2.54. The Labute approximate surface area is 122 Å². The molecular weight excluding hydrogens is 268 g/mol. The number of nitrogens with zero attached hydrogens (tertiary/aromatic N) is 3. The maximum absolute atomic E-state index is 11.4. The third kappa shape index (κ3) is 2.71. The van der Waals surface area contributed by atoms with Gasteiger partial charge in [-0.25, -0.2) is 4.79 Å². The summed E-state index contributed by atoms with van der Waals surface area (Å²) in [7, 11) is 1.33. The van der Waals surface area contributed by atoms with Crippen molar-refractivity contribution >= 4 is 17.5 Å². The molecule has 0 fully saturated rings. The minimum Gasteiger partial charge on any atom is -0.464 e. The molecule has 6 nitrogen and oxygen atoms in total. The van der Waals surface area contributed by atoms with E-state index < -0.39 is 5.97 Å². The Morgan fingerprint density at radius 2 is 2.10 bits per heavy atom. The number of ether oxygens (including phenoxy) is 1. The number of para-hydroxylation sites is 1. The van der Waals surface area contributed by atoms with Gasteiger partial charge in [-0.15, -0.1) is 10.2 Å². The van der Waals surface area contributed by atoms with Crippen LogP contribution in [0.2, 0.25) is 0 Å². The third-order valence-electron chi connectivity index (χ3n) is 3.43. The van der Waals surface area contributed by atoms with Crippen LogP contribution >= 0.6 is 0 Å². The summed E-state index contributed by atoms with van der Waals surface area (Å²) in [4.78, 5) is 13.5. The molecule has 6 heteroatoms. The van der Waals surface area contributed by atoms with Gasteiger partial charge in [-0.05, 0) is 23.8 Å². The first-order valence-corrected chi connectivity index (χ1v) is 6.78. The third-order valence-corrected chi connectivity index (χ3v) is 3.43. The molecule has 0 unspecified atom stereocenters. The van der Waals surface area contributed by atoms with Crippen molar-refractivity contribution in [3.05, 3.63) is 47.7 Å². The lowest BCUT2D eigenvalue weighted by molar-refractivity contribution is 0.0592. The summed E-state index contributed by atoms with van der Waals surface area (Å²) in [6, 6.07) is 11.6. The Bertz CT molecular complexity index is 642. The van der Waals surface area contributed by atoms with E-state index in [4.69, 9.17) is 0 Å². The molecule has 0 spiro atoms. The van der Waals surface area contributed by atoms with Gasteiger partial charge >= 0.3 is 5.97 Å². The lowest BCUT2D eigenvalue weighted by Crippen LogP contribution is -2.25. The van der Waals surface area contributed by atoms with Crippen molar-refractivity contribution in [2.45, 2.75) is 6.54 Å². The minimum absolute atomic E-state index is 0.211. The zero-order valence-electron chi connectivity index (χ0n) is 11.7. The second-order valence-electron chi connectivity index (χ2n) is 4.73. The molecule has 1 aliphatic heterocycles. The highest BCUT2D eigenvalue weighted by Gasteiger charge is 2.18. The molecule has 2 aromatic rings. The smallest absolute Gasteiger partial charge is 0.358 e. The van der Waals surface area contributed by atoms with E-state index in [0.717, 1.165) is 31.1 Å². The molecular formula is C15H16N4O2. The molecule has 0 amide bonds. The van der Waals surface area contributed by atoms with E-state index in [1.165, 1.54) is 12.7 Å². The Kier molecular flexibility index (Phi) is 3.79. The normalized spacial score (nSPS) is 14.2. The van der Waals surface area contributed by atoms with Crippen molar-refractivity contribution in [2.24, 2.45) is 0 Å². The highest BCUT2D eigenvalue weighted by molar-refractivity contribution is 5.87. The Balaban J connectivity index is 1.94. The molecule has 1 N–H and O–H groups in total. The fourth-order valence-corrected chi connectivity index (χ4v) is 2.38. The van der Waals surface area contributed by atoms with E-state index in [1.807, 2.05) is 12.1 Å². The number of nitrogens with one attached hydrogen (secondary N) is 1. The van der Waals surface area contributed by atoms with Crippen molar-refractivity contribution < 1.29 is 9.53 Å². The number of carbonyl (C=O) groups excluding carboxylic acids is 1. The topological polar surface area (TPSA) is 67.3 Å². The molecule has 0 saturated heterocycles. The summed E-state index contributed by atoms with van der Waals surface area (Å²) < 4.78 is 4.63. The first-order valence-electron chi connectivity index (χ1n) is 6.78. The molecule has 1 aliphatic rings. The van der Waals surface area contributed by atoms with Crippen molar-refractivity contribution in [3.63, 3.8) is 0 Å². The fraction of sp³-hybridized carbons (Fsp3) is 0.267. The average Bonchev–Trinajstić information content (AvgIpc) is 2.77. The number of hydrogen-bond acceptors (Lipinski definition) is 6. The van der Waals surface area contributed by atoms with Crippen LogP contribution in [-0.2, 0) is 11.3 Å². The number of hydrogen-bond donors (Lipinski definition) is 1. The zero-order chi connectivity index (χ0) is 14.7. The van der Waals surface area contributed by atoms with E-state index >= 15 is 0 Å². The molecule has 0 atom stereocenters. The molecule has 2 heterocycles. The lowest BCUT2D eigenvalue weighted by atomic mass is 10.1. The highest BCUT2D eigenvalue weighted by atomic mass is 16.5. The maximum atomic E-state index is 11.4. The Hall–Kier alpha value is -2.47. The first kappa shape index (κ1) is 13.5. The van der Waals surface area contributed by atoms with Gasteiger partial charge in [0.2, 0.25) is 0 Å². The van der Waals surface area contributed by atoms with Gasteiger partial charge in [-0.3, -0.25) is 0 Å². The molecule has 0 aliphatic carbocycles. The van der Waals surface area contributed by atoms with Gasteiger partial charge in [0, 0.05) is 25.3 Å². The van der Waals surface area contributed by atoms with Crippen LogP contribution in [0.1, 0.15) is 16.1 Å². The van der Waals surface area contributed by atoms with E-state index in [-0.39, 0.29) is 5.69 Å². The van der Waals surface area contributed by atoms with Gasteiger partial charge in [0.1, 0.15) is 0 Å².